The van der Waals surface area contributed by atoms with Gasteiger partial charge in [-0.1, -0.05) is 0 Å². The molecule has 0 aliphatic rings. The van der Waals surface area contributed by atoms with Gasteiger partial charge in [-0.25, -0.2) is 5.43 Å². The van der Waals surface area contributed by atoms with E-state index in [1.54, 1.807) is 63.6 Å². The summed E-state index contributed by atoms with van der Waals surface area (Å²) in [5.74, 6) is 0.982. The monoisotopic (exact) mass is 385 g/mol. The Morgan fingerprint density at radius 3 is 2.25 bits per heavy atom. The molecule has 0 fully saturated rings. The minimum atomic E-state index is -0.767. The number of hydrogen-bond acceptors (Lipinski definition) is 6. The molecule has 0 aliphatic carbocycles. The molecule has 1 atom stereocenters. The van der Waals surface area contributed by atoms with Crippen LogP contribution < -0.4 is 25.0 Å². The van der Waals surface area contributed by atoms with Crippen molar-refractivity contribution in [3.05, 3.63) is 53.6 Å². The number of benzene rings is 2. The third kappa shape index (κ3) is 5.47. The molecule has 2 amide bonds. The van der Waals surface area contributed by atoms with Crippen LogP contribution in [0.15, 0.2) is 47.6 Å². The molecule has 2 aromatic rings. The van der Waals surface area contributed by atoms with E-state index >= 15 is 0 Å². The molecule has 1 unspecified atom stereocenters. The molecular formula is C20H23N3O5. The summed E-state index contributed by atoms with van der Waals surface area (Å²) in [5.41, 5.74) is 3.54. The highest BCUT2D eigenvalue weighted by Crippen LogP contribution is 2.26. The van der Waals surface area contributed by atoms with Crippen molar-refractivity contribution < 1.29 is 23.8 Å². The van der Waals surface area contributed by atoms with Crippen LogP contribution in [-0.4, -0.2) is 45.4 Å². The molecule has 0 heterocycles. The lowest BCUT2D eigenvalue weighted by Gasteiger charge is -2.12. The zero-order chi connectivity index (χ0) is 20.5. The van der Waals surface area contributed by atoms with Gasteiger partial charge < -0.3 is 19.5 Å². The summed E-state index contributed by atoms with van der Waals surface area (Å²) in [6.07, 6.45) is 1.47. The van der Waals surface area contributed by atoms with E-state index < -0.39 is 11.9 Å². The maximum Gasteiger partial charge on any atom is 0.262 e. The predicted octanol–water partition coefficient (Wildman–Crippen LogP) is 1.98. The summed E-state index contributed by atoms with van der Waals surface area (Å²) >= 11 is 0. The van der Waals surface area contributed by atoms with Crippen LogP contribution in [-0.2, 0) is 4.79 Å². The van der Waals surface area contributed by atoms with Crippen molar-refractivity contribution in [2.24, 2.45) is 5.10 Å². The quantitative estimate of drug-likeness (QED) is 0.535. The summed E-state index contributed by atoms with van der Waals surface area (Å²) in [5, 5.41) is 6.52. The fourth-order valence-corrected chi connectivity index (χ4v) is 2.29. The zero-order valence-electron chi connectivity index (χ0n) is 16.2. The van der Waals surface area contributed by atoms with Gasteiger partial charge in [-0.05, 0) is 55.0 Å². The van der Waals surface area contributed by atoms with E-state index in [0.717, 1.165) is 0 Å². The van der Waals surface area contributed by atoms with Crippen molar-refractivity contribution in [1.82, 2.24) is 10.7 Å². The van der Waals surface area contributed by atoms with Gasteiger partial charge in [-0.15, -0.1) is 0 Å². The third-order valence-corrected chi connectivity index (χ3v) is 3.89. The number of carbonyl (C=O) groups is 2. The van der Waals surface area contributed by atoms with Crippen molar-refractivity contribution in [1.29, 1.82) is 0 Å². The molecule has 148 valence electrons. The van der Waals surface area contributed by atoms with E-state index in [4.69, 9.17) is 14.2 Å². The molecule has 0 saturated carbocycles. The van der Waals surface area contributed by atoms with Crippen molar-refractivity contribution in [3.63, 3.8) is 0 Å². The largest absolute Gasteiger partial charge is 0.497 e. The van der Waals surface area contributed by atoms with Crippen LogP contribution in [0.5, 0.6) is 17.2 Å². The molecule has 8 heteroatoms. The first-order valence-corrected chi connectivity index (χ1v) is 8.48. The first-order valence-electron chi connectivity index (χ1n) is 8.48. The molecular weight excluding hydrogens is 362 g/mol. The van der Waals surface area contributed by atoms with Crippen molar-refractivity contribution >= 4 is 18.0 Å². The number of hydrogen-bond donors (Lipinski definition) is 2. The number of methoxy groups -OCH3 is 3. The second-order valence-electron chi connectivity index (χ2n) is 5.77. The number of rotatable bonds is 8. The number of carbonyl (C=O) groups excluding carboxylic acids is 2. The first-order chi connectivity index (χ1) is 13.5. The molecule has 28 heavy (non-hydrogen) atoms. The molecule has 2 aromatic carbocycles. The lowest BCUT2D eigenvalue weighted by atomic mass is 10.2. The Bertz CT molecular complexity index is 849. The highest BCUT2D eigenvalue weighted by molar-refractivity contribution is 5.97. The second kappa shape index (κ2) is 9.96. The lowest BCUT2D eigenvalue weighted by Crippen LogP contribution is -2.43. The Labute approximate surface area is 163 Å². The Kier molecular flexibility index (Phi) is 7.38. The summed E-state index contributed by atoms with van der Waals surface area (Å²) in [7, 11) is 4.63. The van der Waals surface area contributed by atoms with E-state index in [1.807, 2.05) is 0 Å². The van der Waals surface area contributed by atoms with E-state index in [9.17, 15) is 9.59 Å². The Hall–Kier alpha value is -3.55. The molecule has 0 bridgehead atoms. The highest BCUT2D eigenvalue weighted by Gasteiger charge is 2.16. The van der Waals surface area contributed by atoms with Crippen molar-refractivity contribution in [3.8, 4) is 17.2 Å². The minimum Gasteiger partial charge on any atom is -0.497 e. The second-order valence-corrected chi connectivity index (χ2v) is 5.77. The lowest BCUT2D eigenvalue weighted by molar-refractivity contribution is -0.122. The summed E-state index contributed by atoms with van der Waals surface area (Å²) in [6.45, 7) is 1.57. The van der Waals surface area contributed by atoms with Gasteiger partial charge in [0.2, 0.25) is 0 Å². The maximum atomic E-state index is 12.2. The molecule has 0 spiro atoms. The fourth-order valence-electron chi connectivity index (χ4n) is 2.29. The summed E-state index contributed by atoms with van der Waals surface area (Å²) in [4.78, 5) is 24.3. The summed E-state index contributed by atoms with van der Waals surface area (Å²) < 4.78 is 15.4. The predicted molar refractivity (Wildman–Crippen MR) is 105 cm³/mol. The summed E-state index contributed by atoms with van der Waals surface area (Å²) in [6, 6.07) is 11.1. The molecule has 8 nitrogen and oxygen atoms in total. The Morgan fingerprint density at radius 2 is 1.64 bits per heavy atom. The van der Waals surface area contributed by atoms with Gasteiger partial charge in [0.05, 0.1) is 27.5 Å². The van der Waals surface area contributed by atoms with Gasteiger partial charge >= 0.3 is 0 Å². The third-order valence-electron chi connectivity index (χ3n) is 3.89. The average Bonchev–Trinajstić information content (AvgIpc) is 2.73. The first kappa shape index (κ1) is 20.8. The standard InChI is InChI=1S/C20H23N3O5/c1-13(22-20(25)15-6-8-16(26-2)9-7-15)19(24)23-21-12-14-5-10-17(27-3)18(11-14)28-4/h5-13H,1-4H3,(H,22,25)(H,23,24). The maximum absolute atomic E-state index is 12.2. The van der Waals surface area contributed by atoms with Crippen LogP contribution in [0.1, 0.15) is 22.8 Å². The molecule has 0 radical (unpaired) electrons. The zero-order valence-corrected chi connectivity index (χ0v) is 16.2. The van der Waals surface area contributed by atoms with E-state index in [2.05, 4.69) is 15.8 Å². The van der Waals surface area contributed by atoms with Crippen LogP contribution in [0.2, 0.25) is 0 Å². The van der Waals surface area contributed by atoms with Crippen LogP contribution >= 0.6 is 0 Å². The molecule has 2 rings (SSSR count). The Morgan fingerprint density at radius 1 is 0.964 bits per heavy atom. The van der Waals surface area contributed by atoms with Crippen molar-refractivity contribution in [2.75, 3.05) is 21.3 Å². The van der Waals surface area contributed by atoms with Gasteiger partial charge in [0.1, 0.15) is 11.8 Å². The number of nitrogens with one attached hydrogen (secondary N) is 2. The van der Waals surface area contributed by atoms with Gasteiger partial charge in [-0.3, -0.25) is 9.59 Å². The van der Waals surface area contributed by atoms with Crippen LogP contribution in [0, 0.1) is 0 Å². The number of ether oxygens (including phenoxy) is 3. The number of nitrogens with zero attached hydrogens (tertiary/aromatic N) is 1. The van der Waals surface area contributed by atoms with Crippen LogP contribution in [0.4, 0.5) is 0 Å². The number of amides is 2. The molecule has 0 saturated heterocycles. The van der Waals surface area contributed by atoms with E-state index in [1.165, 1.54) is 13.3 Å². The topological polar surface area (TPSA) is 98.2 Å². The SMILES string of the molecule is COc1ccc(C(=O)NC(C)C(=O)NN=Cc2ccc(OC)c(OC)c2)cc1. The molecule has 0 aliphatic heterocycles. The van der Waals surface area contributed by atoms with Gasteiger partial charge in [0, 0.05) is 5.56 Å². The minimum absolute atomic E-state index is 0.367. The normalized spacial score (nSPS) is 11.6. The molecule has 0 aromatic heterocycles. The Balaban J connectivity index is 1.91. The average molecular weight is 385 g/mol. The number of hydrazone groups is 1. The fraction of sp³-hybridized carbons (Fsp3) is 0.250. The van der Waals surface area contributed by atoms with Gasteiger partial charge in [-0.2, -0.15) is 5.10 Å². The van der Waals surface area contributed by atoms with E-state index in [-0.39, 0.29) is 5.91 Å². The molecule has 2 N–H and O–H groups in total. The van der Waals surface area contributed by atoms with Crippen LogP contribution in [0.25, 0.3) is 0 Å². The van der Waals surface area contributed by atoms with Gasteiger partial charge in [0.15, 0.2) is 11.5 Å². The van der Waals surface area contributed by atoms with Gasteiger partial charge in [0.25, 0.3) is 11.8 Å². The highest BCUT2D eigenvalue weighted by atomic mass is 16.5. The van der Waals surface area contributed by atoms with Crippen LogP contribution in [0.3, 0.4) is 0 Å². The van der Waals surface area contributed by atoms with Crippen molar-refractivity contribution in [2.45, 2.75) is 13.0 Å². The smallest absolute Gasteiger partial charge is 0.262 e. The van der Waals surface area contributed by atoms with E-state index in [0.29, 0.717) is 28.4 Å².